The van der Waals surface area contributed by atoms with Gasteiger partial charge in [0.15, 0.2) is 9.43 Å². The van der Waals surface area contributed by atoms with Gasteiger partial charge in [-0.05, 0) is 49.0 Å². The van der Waals surface area contributed by atoms with E-state index in [2.05, 4.69) is 10.3 Å². The molecule has 0 saturated carbocycles. The molecular weight excluding hydrogens is 392 g/mol. The minimum atomic E-state index is -0.831. The van der Waals surface area contributed by atoms with Gasteiger partial charge in [-0.1, -0.05) is 0 Å². The van der Waals surface area contributed by atoms with Crippen LogP contribution in [-0.4, -0.2) is 34.5 Å². The fourth-order valence-electron chi connectivity index (χ4n) is 2.58. The van der Waals surface area contributed by atoms with Gasteiger partial charge in [-0.25, -0.2) is 4.98 Å². The Hall–Kier alpha value is -1.68. The van der Waals surface area contributed by atoms with E-state index < -0.39 is 12.0 Å². The van der Waals surface area contributed by atoms with Gasteiger partial charge >= 0.3 is 5.97 Å². The topological polar surface area (TPSA) is 84.6 Å². The van der Waals surface area contributed by atoms with E-state index in [4.69, 9.17) is 14.3 Å². The molecule has 6 nitrogen and oxygen atoms in total. The van der Waals surface area contributed by atoms with Crippen LogP contribution in [0.2, 0.25) is 0 Å². The predicted octanol–water partition coefficient (Wildman–Crippen LogP) is 4.23. The second kappa shape index (κ2) is 7.51. The molecule has 136 valence electrons. The number of ether oxygens (including phenoxy) is 1. The van der Waals surface area contributed by atoms with Crippen molar-refractivity contribution < 1.29 is 19.1 Å². The van der Waals surface area contributed by atoms with E-state index in [0.29, 0.717) is 12.4 Å². The SMILES string of the molecule is CCOc1ccc2nc(Sc3ccc([C@H]4N[C@H](C(=O)O)CS4)o3)sc2c1. The standard InChI is InChI=1S/C17H16N2O4S3/c1-2-22-9-3-4-10-13(7-9)25-17(19-10)26-14-6-5-12(23-14)15-18-11(8-24-15)16(20)21/h3-7,11,15,18H,2,8H2,1H3,(H,20,21)/t11-,15-/m0/s1. The number of benzene rings is 1. The van der Waals surface area contributed by atoms with E-state index in [-0.39, 0.29) is 5.37 Å². The van der Waals surface area contributed by atoms with Crippen LogP contribution in [0.25, 0.3) is 10.2 Å². The molecule has 1 aliphatic heterocycles. The molecule has 2 aromatic heterocycles. The maximum Gasteiger partial charge on any atom is 0.321 e. The second-order valence-electron chi connectivity index (χ2n) is 5.57. The quantitative estimate of drug-likeness (QED) is 0.627. The first kappa shape index (κ1) is 17.7. The van der Waals surface area contributed by atoms with E-state index in [0.717, 1.165) is 31.2 Å². The minimum Gasteiger partial charge on any atom is -0.494 e. The van der Waals surface area contributed by atoms with E-state index in [1.807, 2.05) is 37.3 Å². The smallest absolute Gasteiger partial charge is 0.321 e. The van der Waals surface area contributed by atoms with Crippen LogP contribution in [0.4, 0.5) is 0 Å². The Morgan fingerprint density at radius 1 is 1.46 bits per heavy atom. The van der Waals surface area contributed by atoms with Crippen molar-refractivity contribution in [2.24, 2.45) is 0 Å². The van der Waals surface area contributed by atoms with Crippen LogP contribution >= 0.6 is 34.9 Å². The second-order valence-corrected chi connectivity index (χ2v) is 8.99. The zero-order valence-corrected chi connectivity index (χ0v) is 16.2. The number of thioether (sulfide) groups is 1. The number of fused-ring (bicyclic) bond motifs is 1. The maximum absolute atomic E-state index is 11.0. The van der Waals surface area contributed by atoms with E-state index >= 15 is 0 Å². The Balaban J connectivity index is 1.47. The molecule has 9 heteroatoms. The molecule has 26 heavy (non-hydrogen) atoms. The summed E-state index contributed by atoms with van der Waals surface area (Å²) in [6, 6.07) is 9.13. The van der Waals surface area contributed by atoms with Crippen molar-refractivity contribution in [2.75, 3.05) is 12.4 Å². The van der Waals surface area contributed by atoms with Gasteiger partial charge in [0.25, 0.3) is 0 Å². The molecule has 3 heterocycles. The van der Waals surface area contributed by atoms with Crippen molar-refractivity contribution in [3.63, 3.8) is 0 Å². The molecule has 2 N–H and O–H groups in total. The van der Waals surface area contributed by atoms with Gasteiger partial charge in [-0.3, -0.25) is 10.1 Å². The summed E-state index contributed by atoms with van der Waals surface area (Å²) in [4.78, 5) is 15.7. The lowest BCUT2D eigenvalue weighted by atomic mass is 10.3. The summed E-state index contributed by atoms with van der Waals surface area (Å²) < 4.78 is 13.4. The van der Waals surface area contributed by atoms with Gasteiger partial charge in [0.1, 0.15) is 22.9 Å². The van der Waals surface area contributed by atoms with Crippen LogP contribution in [-0.2, 0) is 4.79 Å². The molecule has 0 spiro atoms. The average molecular weight is 409 g/mol. The van der Waals surface area contributed by atoms with Crippen molar-refractivity contribution in [3.8, 4) is 5.75 Å². The highest BCUT2D eigenvalue weighted by Crippen LogP contribution is 2.39. The molecule has 0 unspecified atom stereocenters. The van der Waals surface area contributed by atoms with Crippen molar-refractivity contribution in [1.82, 2.24) is 10.3 Å². The molecule has 1 aromatic carbocycles. The number of thiazole rings is 1. The third-order valence-electron chi connectivity index (χ3n) is 3.78. The lowest BCUT2D eigenvalue weighted by molar-refractivity contribution is -0.138. The van der Waals surface area contributed by atoms with Crippen LogP contribution in [0.5, 0.6) is 5.75 Å². The largest absolute Gasteiger partial charge is 0.494 e. The summed E-state index contributed by atoms with van der Waals surface area (Å²) in [5.41, 5.74) is 0.935. The molecule has 0 radical (unpaired) electrons. The van der Waals surface area contributed by atoms with Gasteiger partial charge in [0, 0.05) is 5.75 Å². The van der Waals surface area contributed by atoms with Crippen LogP contribution in [0.3, 0.4) is 0 Å². The molecule has 0 amide bonds. The van der Waals surface area contributed by atoms with Crippen molar-refractivity contribution >= 4 is 51.0 Å². The monoisotopic (exact) mass is 408 g/mol. The number of nitrogens with one attached hydrogen (secondary N) is 1. The molecule has 0 aliphatic carbocycles. The van der Waals surface area contributed by atoms with Gasteiger partial charge < -0.3 is 14.3 Å². The van der Waals surface area contributed by atoms with Crippen molar-refractivity contribution in [1.29, 1.82) is 0 Å². The summed E-state index contributed by atoms with van der Waals surface area (Å²) in [6.45, 7) is 2.60. The van der Waals surface area contributed by atoms with Gasteiger partial charge in [-0.15, -0.1) is 23.1 Å². The highest BCUT2D eigenvalue weighted by molar-refractivity contribution is 8.01. The number of aromatic nitrogens is 1. The van der Waals surface area contributed by atoms with E-state index in [1.54, 1.807) is 11.3 Å². The van der Waals surface area contributed by atoms with Crippen molar-refractivity contribution in [3.05, 3.63) is 36.1 Å². The Morgan fingerprint density at radius 2 is 2.35 bits per heavy atom. The molecule has 1 fully saturated rings. The summed E-state index contributed by atoms with van der Waals surface area (Å²) in [5, 5.41) is 12.7. The predicted molar refractivity (Wildman–Crippen MR) is 103 cm³/mol. The molecule has 2 atom stereocenters. The highest BCUT2D eigenvalue weighted by Gasteiger charge is 2.32. The number of nitrogens with zero attached hydrogens (tertiary/aromatic N) is 1. The number of hydrogen-bond donors (Lipinski definition) is 2. The lowest BCUT2D eigenvalue weighted by Gasteiger charge is -2.07. The minimum absolute atomic E-state index is 0.130. The van der Waals surface area contributed by atoms with E-state index in [9.17, 15) is 4.79 Å². The molecule has 1 aliphatic rings. The number of hydrogen-bond acceptors (Lipinski definition) is 8. The number of aliphatic carboxylic acids is 1. The summed E-state index contributed by atoms with van der Waals surface area (Å²) in [5.74, 6) is 1.28. The molecule has 1 saturated heterocycles. The van der Waals surface area contributed by atoms with Gasteiger partial charge in [-0.2, -0.15) is 0 Å². The number of carboxylic acid groups (broad SMARTS) is 1. The zero-order chi connectivity index (χ0) is 18.1. The van der Waals surface area contributed by atoms with Gasteiger partial charge in [0.05, 0.1) is 16.8 Å². The fourth-order valence-corrected chi connectivity index (χ4v) is 5.75. The Bertz CT molecular complexity index is 939. The van der Waals surface area contributed by atoms with Crippen LogP contribution in [0.1, 0.15) is 18.1 Å². The first-order valence-corrected chi connectivity index (χ1v) is 10.7. The average Bonchev–Trinajstić information content (AvgIpc) is 3.33. The third kappa shape index (κ3) is 3.71. The van der Waals surface area contributed by atoms with Crippen LogP contribution in [0.15, 0.2) is 44.2 Å². The Labute approximate surface area is 162 Å². The Morgan fingerprint density at radius 3 is 3.12 bits per heavy atom. The maximum atomic E-state index is 11.0. The lowest BCUT2D eigenvalue weighted by Crippen LogP contribution is -2.33. The summed E-state index contributed by atoms with van der Waals surface area (Å²) in [7, 11) is 0. The van der Waals surface area contributed by atoms with Crippen LogP contribution in [0, 0.1) is 0 Å². The molecule has 4 rings (SSSR count). The fraction of sp³-hybridized carbons (Fsp3) is 0.294. The zero-order valence-electron chi connectivity index (χ0n) is 13.8. The first-order chi connectivity index (χ1) is 12.6. The number of carboxylic acids is 1. The van der Waals surface area contributed by atoms with E-state index in [1.165, 1.54) is 23.5 Å². The first-order valence-electron chi connectivity index (χ1n) is 8.04. The Kier molecular flexibility index (Phi) is 5.12. The van der Waals surface area contributed by atoms with Gasteiger partial charge in [0.2, 0.25) is 0 Å². The number of furan rings is 1. The number of rotatable bonds is 6. The molecule has 3 aromatic rings. The summed E-state index contributed by atoms with van der Waals surface area (Å²) in [6.07, 6.45) is 0. The molecular formula is C17H16N2O4S3. The third-order valence-corrected chi connectivity index (χ3v) is 7.01. The molecule has 0 bridgehead atoms. The summed E-state index contributed by atoms with van der Waals surface area (Å²) >= 11 is 4.60. The van der Waals surface area contributed by atoms with Crippen LogP contribution < -0.4 is 10.1 Å². The highest BCUT2D eigenvalue weighted by atomic mass is 32.2. The number of carbonyl (C=O) groups is 1. The normalized spacial score (nSPS) is 19.9. The van der Waals surface area contributed by atoms with Crippen molar-refractivity contribution in [2.45, 2.75) is 27.8 Å².